The molecule has 7 heteroatoms. The normalized spacial score (nSPS) is 13.0. The molecule has 1 rings (SSSR count). The second-order valence-corrected chi connectivity index (χ2v) is 7.51. The van der Waals surface area contributed by atoms with E-state index < -0.39 is 0 Å². The fourth-order valence-corrected chi connectivity index (χ4v) is 3.37. The summed E-state index contributed by atoms with van der Waals surface area (Å²) in [6.45, 7) is 8.89. The third kappa shape index (κ3) is 9.09. The van der Waals surface area contributed by atoms with E-state index >= 15 is 0 Å². The van der Waals surface area contributed by atoms with Crippen molar-refractivity contribution in [1.29, 1.82) is 0 Å². The Labute approximate surface area is 194 Å². The molecule has 0 heterocycles. The van der Waals surface area contributed by atoms with Crippen molar-refractivity contribution in [2.24, 2.45) is 10.4 Å². The highest BCUT2D eigenvalue weighted by Gasteiger charge is 2.25. The Morgan fingerprint density at radius 2 is 1.90 bits per heavy atom. The van der Waals surface area contributed by atoms with Gasteiger partial charge in [0, 0.05) is 26.2 Å². The van der Waals surface area contributed by atoms with Crippen LogP contribution in [-0.2, 0) is 0 Å². The highest BCUT2D eigenvalue weighted by molar-refractivity contribution is 14.0. The third-order valence-electron chi connectivity index (χ3n) is 5.62. The average molecular weight is 521 g/mol. The van der Waals surface area contributed by atoms with Crippen LogP contribution < -0.4 is 15.4 Å². The first kappa shape index (κ1) is 27.9. The zero-order valence-corrected chi connectivity index (χ0v) is 21.3. The van der Waals surface area contributed by atoms with Crippen LogP contribution in [0.3, 0.4) is 0 Å². The minimum absolute atomic E-state index is 0. The number of aliphatic hydroxyl groups is 1. The average Bonchev–Trinajstić information content (AvgIpc) is 2.71. The maximum absolute atomic E-state index is 9.44. The van der Waals surface area contributed by atoms with Crippen molar-refractivity contribution in [2.75, 3.05) is 47.4 Å². The van der Waals surface area contributed by atoms with Gasteiger partial charge in [-0.15, -0.1) is 24.0 Å². The minimum atomic E-state index is 0. The summed E-state index contributed by atoms with van der Waals surface area (Å²) in [6.07, 6.45) is 2.81. The number of hydrogen-bond acceptors (Lipinski definition) is 4. The van der Waals surface area contributed by atoms with E-state index in [1.54, 1.807) is 7.11 Å². The van der Waals surface area contributed by atoms with Crippen LogP contribution in [0.1, 0.15) is 51.6 Å². The number of hydrogen-bond donors (Lipinski definition) is 3. The van der Waals surface area contributed by atoms with Crippen LogP contribution in [0, 0.1) is 5.41 Å². The van der Waals surface area contributed by atoms with E-state index in [2.05, 4.69) is 62.5 Å². The molecule has 0 aliphatic carbocycles. The van der Waals surface area contributed by atoms with Crippen molar-refractivity contribution < 1.29 is 9.84 Å². The SMILES string of the molecule is CCNC(=NCC(CC)(CC)CCO)NCC(c1cccc(OC)c1)N(C)C.I. The monoisotopic (exact) mass is 520 g/mol. The number of ether oxygens (including phenoxy) is 1. The molecule has 1 aromatic rings. The Balaban J connectivity index is 0.00000784. The van der Waals surface area contributed by atoms with Crippen LogP contribution in [0.5, 0.6) is 5.75 Å². The standard InChI is InChI=1S/C22H40N4O2.HI/c1-7-22(8-2,13-14-27)17-25-21(23-9-3)24-16-20(26(4)5)18-11-10-12-19(15-18)28-6;/h10-12,15,20,27H,7-9,13-14,16-17H2,1-6H3,(H2,23,24,25);1H. The fourth-order valence-electron chi connectivity index (χ4n) is 3.37. The van der Waals surface area contributed by atoms with Gasteiger partial charge < -0.3 is 25.4 Å². The Kier molecular flexibility index (Phi) is 14.3. The molecule has 0 spiro atoms. The van der Waals surface area contributed by atoms with Crippen molar-refractivity contribution in [3.63, 3.8) is 0 Å². The fraction of sp³-hybridized carbons (Fsp3) is 0.682. The molecule has 1 aromatic carbocycles. The number of nitrogens with zero attached hydrogens (tertiary/aromatic N) is 2. The maximum Gasteiger partial charge on any atom is 0.191 e. The number of likely N-dealkylation sites (N-methyl/N-ethyl adjacent to an activating group) is 1. The van der Waals surface area contributed by atoms with Gasteiger partial charge in [0.25, 0.3) is 0 Å². The van der Waals surface area contributed by atoms with Crippen LogP contribution in [0.2, 0.25) is 0 Å². The molecule has 0 saturated heterocycles. The topological polar surface area (TPSA) is 69.1 Å². The lowest BCUT2D eigenvalue weighted by Gasteiger charge is -2.30. The summed E-state index contributed by atoms with van der Waals surface area (Å²) in [7, 11) is 5.85. The predicted octanol–water partition coefficient (Wildman–Crippen LogP) is 3.66. The number of guanidine groups is 1. The number of methoxy groups -OCH3 is 1. The largest absolute Gasteiger partial charge is 0.497 e. The van der Waals surface area contributed by atoms with Crippen molar-refractivity contribution in [1.82, 2.24) is 15.5 Å². The van der Waals surface area contributed by atoms with E-state index in [0.717, 1.165) is 44.1 Å². The summed E-state index contributed by atoms with van der Waals surface area (Å²) in [6, 6.07) is 8.38. The van der Waals surface area contributed by atoms with Crippen LogP contribution in [0.4, 0.5) is 0 Å². The molecule has 0 aromatic heterocycles. The van der Waals surface area contributed by atoms with Crippen LogP contribution in [0.25, 0.3) is 0 Å². The summed E-state index contributed by atoms with van der Waals surface area (Å²) in [5.41, 5.74) is 1.26. The Hall–Kier alpha value is -1.06. The molecule has 168 valence electrons. The summed E-state index contributed by atoms with van der Waals surface area (Å²) in [4.78, 5) is 7.04. The molecular weight excluding hydrogens is 479 g/mol. The Morgan fingerprint density at radius 1 is 1.21 bits per heavy atom. The van der Waals surface area contributed by atoms with E-state index in [-0.39, 0.29) is 42.0 Å². The number of rotatable bonds is 12. The number of aliphatic hydroxyl groups excluding tert-OH is 1. The van der Waals surface area contributed by atoms with Gasteiger partial charge >= 0.3 is 0 Å². The molecule has 0 bridgehead atoms. The smallest absolute Gasteiger partial charge is 0.191 e. The van der Waals surface area contributed by atoms with Crippen LogP contribution in [-0.4, -0.2) is 63.4 Å². The molecule has 0 aliphatic heterocycles. The van der Waals surface area contributed by atoms with Gasteiger partial charge in [0.1, 0.15) is 5.75 Å². The first-order valence-corrected chi connectivity index (χ1v) is 10.4. The molecule has 0 amide bonds. The zero-order chi connectivity index (χ0) is 21.0. The van der Waals surface area contributed by atoms with Gasteiger partial charge in [-0.25, -0.2) is 0 Å². The predicted molar refractivity (Wildman–Crippen MR) is 134 cm³/mol. The minimum Gasteiger partial charge on any atom is -0.497 e. The molecule has 1 unspecified atom stereocenters. The molecule has 1 atom stereocenters. The molecule has 0 radical (unpaired) electrons. The molecule has 0 saturated carbocycles. The van der Waals surface area contributed by atoms with E-state index in [4.69, 9.17) is 9.73 Å². The van der Waals surface area contributed by atoms with Gasteiger partial charge in [0.05, 0.1) is 13.2 Å². The number of halogens is 1. The molecule has 0 fully saturated rings. The van der Waals surface area contributed by atoms with Crippen molar-refractivity contribution >= 4 is 29.9 Å². The van der Waals surface area contributed by atoms with Gasteiger partial charge in [-0.3, -0.25) is 4.99 Å². The Morgan fingerprint density at radius 3 is 2.41 bits per heavy atom. The zero-order valence-electron chi connectivity index (χ0n) is 19.0. The van der Waals surface area contributed by atoms with Gasteiger partial charge in [0.15, 0.2) is 5.96 Å². The number of benzene rings is 1. The second kappa shape index (κ2) is 14.8. The lowest BCUT2D eigenvalue weighted by molar-refractivity contribution is 0.175. The summed E-state index contributed by atoms with van der Waals surface area (Å²) >= 11 is 0. The van der Waals surface area contributed by atoms with E-state index in [1.165, 1.54) is 5.56 Å². The lowest BCUT2D eigenvalue weighted by Crippen LogP contribution is -2.42. The van der Waals surface area contributed by atoms with Gasteiger partial charge in [-0.05, 0) is 63.4 Å². The molecule has 29 heavy (non-hydrogen) atoms. The van der Waals surface area contributed by atoms with E-state index in [0.29, 0.717) is 6.54 Å². The van der Waals surface area contributed by atoms with Crippen molar-refractivity contribution in [3.8, 4) is 5.75 Å². The van der Waals surface area contributed by atoms with Gasteiger partial charge in [-0.2, -0.15) is 0 Å². The van der Waals surface area contributed by atoms with Gasteiger partial charge in [-0.1, -0.05) is 26.0 Å². The summed E-state index contributed by atoms with van der Waals surface area (Å²) < 4.78 is 5.38. The van der Waals surface area contributed by atoms with Crippen molar-refractivity contribution in [3.05, 3.63) is 29.8 Å². The summed E-state index contributed by atoms with van der Waals surface area (Å²) in [5, 5.41) is 16.3. The van der Waals surface area contributed by atoms with Gasteiger partial charge in [0.2, 0.25) is 0 Å². The first-order valence-electron chi connectivity index (χ1n) is 10.4. The lowest BCUT2D eigenvalue weighted by atomic mass is 9.79. The number of nitrogens with one attached hydrogen (secondary N) is 2. The van der Waals surface area contributed by atoms with E-state index in [1.807, 2.05) is 12.1 Å². The molecule has 3 N–H and O–H groups in total. The Bertz CT molecular complexity index is 592. The highest BCUT2D eigenvalue weighted by Crippen LogP contribution is 2.30. The van der Waals surface area contributed by atoms with Crippen LogP contribution >= 0.6 is 24.0 Å². The summed E-state index contributed by atoms with van der Waals surface area (Å²) in [5.74, 6) is 1.69. The van der Waals surface area contributed by atoms with Crippen molar-refractivity contribution in [2.45, 2.75) is 46.1 Å². The van der Waals surface area contributed by atoms with E-state index in [9.17, 15) is 5.11 Å². The molecule has 0 aliphatic rings. The highest BCUT2D eigenvalue weighted by atomic mass is 127. The molecule has 6 nitrogen and oxygen atoms in total. The molecular formula is C22H41IN4O2. The van der Waals surface area contributed by atoms with Crippen LogP contribution in [0.15, 0.2) is 29.3 Å². The quantitative estimate of drug-likeness (QED) is 0.223. The first-order chi connectivity index (χ1) is 13.4. The second-order valence-electron chi connectivity index (χ2n) is 7.51. The third-order valence-corrected chi connectivity index (χ3v) is 5.62. The maximum atomic E-state index is 9.44. The number of aliphatic imine (C=N–C) groups is 1.